The minimum absolute atomic E-state index is 0.706. The zero-order chi connectivity index (χ0) is 35.0. The second kappa shape index (κ2) is 13.2. The van der Waals surface area contributed by atoms with E-state index in [1.165, 1.54) is 27.6 Å². The minimum atomic E-state index is 0.706. The third-order valence-electron chi connectivity index (χ3n) is 9.83. The first-order valence-corrected chi connectivity index (χ1v) is 17.7. The highest BCUT2D eigenvalue weighted by atomic mass is 14.9. The van der Waals surface area contributed by atoms with Crippen LogP contribution in [-0.4, -0.2) is 15.0 Å². The number of benzene rings is 7. The molecular weight excluding hydrogens is 631 g/mol. The molecular formula is C49H35N3. The Kier molecular flexibility index (Phi) is 7.94. The molecule has 2 aromatic heterocycles. The zero-order valence-electron chi connectivity index (χ0n) is 29.1. The molecule has 9 aromatic rings. The fourth-order valence-electron chi connectivity index (χ4n) is 7.13. The molecule has 0 aliphatic rings. The van der Waals surface area contributed by atoms with Crippen LogP contribution in [0.3, 0.4) is 0 Å². The van der Waals surface area contributed by atoms with Gasteiger partial charge in [-0.25, -0.2) is 15.0 Å². The summed E-state index contributed by atoms with van der Waals surface area (Å²) in [6.07, 6.45) is 0. The Labute approximate surface area is 304 Å². The van der Waals surface area contributed by atoms with Crippen LogP contribution in [0, 0.1) is 13.8 Å². The maximum absolute atomic E-state index is 5.48. The third-order valence-corrected chi connectivity index (χ3v) is 9.83. The summed E-state index contributed by atoms with van der Waals surface area (Å²) in [6, 6.07) is 62.1. The van der Waals surface area contributed by atoms with Gasteiger partial charge in [0, 0.05) is 44.0 Å². The molecule has 9 rings (SSSR count). The molecule has 246 valence electrons. The standard InChI is InChI=1S/C49H35N3/c1-32-22-26-35(27-23-32)44-31-45(51-49(50-44)37-28-24-33(2)25-29-37)39-17-9-16-38(30-39)41-19-11-21-43-46-40(34-12-5-3-6-13-34)18-10-20-42(46)47(52-48(41)43)36-14-7-4-8-15-36/h3-31H,1-2H3. The predicted octanol–water partition coefficient (Wildman–Crippen LogP) is 12.8. The monoisotopic (exact) mass is 665 g/mol. The smallest absolute Gasteiger partial charge is 0.160 e. The van der Waals surface area contributed by atoms with Gasteiger partial charge in [-0.1, -0.05) is 175 Å². The lowest BCUT2D eigenvalue weighted by atomic mass is 9.91. The quantitative estimate of drug-likeness (QED) is 0.166. The van der Waals surface area contributed by atoms with Gasteiger partial charge in [-0.15, -0.1) is 0 Å². The topological polar surface area (TPSA) is 38.7 Å². The van der Waals surface area contributed by atoms with Crippen molar-refractivity contribution in [2.24, 2.45) is 0 Å². The van der Waals surface area contributed by atoms with Gasteiger partial charge < -0.3 is 0 Å². The SMILES string of the molecule is Cc1ccc(-c2cc(-c3cccc(-c4cccc5c4nc(-c4ccccc4)c4cccc(-c6ccccc6)c45)c3)nc(-c3ccc(C)cc3)n2)cc1. The van der Waals surface area contributed by atoms with Gasteiger partial charge in [0.25, 0.3) is 0 Å². The Bertz CT molecular complexity index is 2650. The van der Waals surface area contributed by atoms with Crippen LogP contribution in [0.2, 0.25) is 0 Å². The first kappa shape index (κ1) is 31.3. The van der Waals surface area contributed by atoms with Crippen molar-refractivity contribution < 1.29 is 0 Å². The van der Waals surface area contributed by atoms with Gasteiger partial charge in [0.2, 0.25) is 0 Å². The van der Waals surface area contributed by atoms with E-state index in [0.717, 1.165) is 66.8 Å². The molecule has 0 N–H and O–H groups in total. The van der Waals surface area contributed by atoms with Gasteiger partial charge in [-0.3, -0.25) is 0 Å². The number of hydrogen-bond acceptors (Lipinski definition) is 3. The van der Waals surface area contributed by atoms with E-state index in [-0.39, 0.29) is 0 Å². The number of pyridine rings is 1. The van der Waals surface area contributed by atoms with Crippen LogP contribution < -0.4 is 0 Å². The van der Waals surface area contributed by atoms with Gasteiger partial charge >= 0.3 is 0 Å². The maximum Gasteiger partial charge on any atom is 0.160 e. The number of rotatable bonds is 6. The van der Waals surface area contributed by atoms with Crippen LogP contribution in [0.5, 0.6) is 0 Å². The molecule has 0 saturated carbocycles. The van der Waals surface area contributed by atoms with Crippen molar-refractivity contribution in [3.8, 4) is 67.4 Å². The molecule has 7 aromatic carbocycles. The van der Waals surface area contributed by atoms with Crippen molar-refractivity contribution in [2.75, 3.05) is 0 Å². The number of aryl methyl sites for hydroxylation is 2. The average molecular weight is 666 g/mol. The van der Waals surface area contributed by atoms with Crippen molar-refractivity contribution in [3.05, 3.63) is 187 Å². The Morgan fingerprint density at radius 2 is 0.885 bits per heavy atom. The van der Waals surface area contributed by atoms with E-state index in [0.29, 0.717) is 5.82 Å². The third kappa shape index (κ3) is 5.82. The van der Waals surface area contributed by atoms with Gasteiger partial charge in [0.05, 0.1) is 22.6 Å². The zero-order valence-corrected chi connectivity index (χ0v) is 29.1. The van der Waals surface area contributed by atoms with E-state index in [1.54, 1.807) is 0 Å². The van der Waals surface area contributed by atoms with Crippen molar-refractivity contribution in [1.82, 2.24) is 15.0 Å². The number of hydrogen-bond donors (Lipinski definition) is 0. The number of para-hydroxylation sites is 1. The second-order valence-electron chi connectivity index (χ2n) is 13.4. The molecule has 0 spiro atoms. The summed E-state index contributed by atoms with van der Waals surface area (Å²) in [5.74, 6) is 0.706. The fraction of sp³-hybridized carbons (Fsp3) is 0.0408. The Morgan fingerprint density at radius 3 is 1.58 bits per heavy atom. The van der Waals surface area contributed by atoms with E-state index < -0.39 is 0 Å². The predicted molar refractivity (Wildman–Crippen MR) is 217 cm³/mol. The molecule has 0 fully saturated rings. The molecule has 52 heavy (non-hydrogen) atoms. The second-order valence-corrected chi connectivity index (χ2v) is 13.4. The normalized spacial score (nSPS) is 11.3. The Balaban J connectivity index is 1.26. The first-order valence-electron chi connectivity index (χ1n) is 17.7. The highest BCUT2D eigenvalue weighted by Gasteiger charge is 2.18. The summed E-state index contributed by atoms with van der Waals surface area (Å²) >= 11 is 0. The molecule has 0 radical (unpaired) electrons. The molecule has 0 unspecified atom stereocenters. The largest absolute Gasteiger partial charge is 0.246 e. The van der Waals surface area contributed by atoms with Crippen LogP contribution in [0.4, 0.5) is 0 Å². The first-order chi connectivity index (χ1) is 25.6. The molecule has 3 nitrogen and oxygen atoms in total. The Hall–Kier alpha value is -6.71. The fourth-order valence-corrected chi connectivity index (χ4v) is 7.13. The van der Waals surface area contributed by atoms with Crippen molar-refractivity contribution in [1.29, 1.82) is 0 Å². The summed E-state index contributed by atoms with van der Waals surface area (Å²) in [5.41, 5.74) is 14.8. The van der Waals surface area contributed by atoms with Crippen LogP contribution in [-0.2, 0) is 0 Å². The number of nitrogens with zero attached hydrogens (tertiary/aromatic N) is 3. The van der Waals surface area contributed by atoms with Crippen LogP contribution in [0.1, 0.15) is 11.1 Å². The van der Waals surface area contributed by atoms with E-state index in [1.807, 2.05) is 0 Å². The molecule has 2 heterocycles. The molecule has 0 aliphatic heterocycles. The highest BCUT2D eigenvalue weighted by molar-refractivity contribution is 6.19. The van der Waals surface area contributed by atoms with Crippen LogP contribution in [0.25, 0.3) is 89.1 Å². The van der Waals surface area contributed by atoms with E-state index in [9.17, 15) is 0 Å². The molecule has 0 amide bonds. The van der Waals surface area contributed by atoms with Gasteiger partial charge in [-0.05, 0) is 42.7 Å². The summed E-state index contributed by atoms with van der Waals surface area (Å²) < 4.78 is 0. The lowest BCUT2D eigenvalue weighted by Crippen LogP contribution is -1.96. The highest BCUT2D eigenvalue weighted by Crippen LogP contribution is 2.41. The van der Waals surface area contributed by atoms with Crippen molar-refractivity contribution in [3.63, 3.8) is 0 Å². The van der Waals surface area contributed by atoms with Gasteiger partial charge in [0.15, 0.2) is 5.82 Å². The van der Waals surface area contributed by atoms with Crippen LogP contribution >= 0.6 is 0 Å². The van der Waals surface area contributed by atoms with Gasteiger partial charge in [-0.2, -0.15) is 0 Å². The summed E-state index contributed by atoms with van der Waals surface area (Å²) in [5, 5.41) is 3.47. The number of fused-ring (bicyclic) bond motifs is 3. The van der Waals surface area contributed by atoms with Crippen LogP contribution in [0.15, 0.2) is 176 Å². The molecule has 0 bridgehead atoms. The molecule has 3 heteroatoms. The van der Waals surface area contributed by atoms with E-state index >= 15 is 0 Å². The Morgan fingerprint density at radius 1 is 0.346 bits per heavy atom. The molecule has 0 aliphatic carbocycles. The van der Waals surface area contributed by atoms with Crippen molar-refractivity contribution in [2.45, 2.75) is 13.8 Å². The lowest BCUT2D eigenvalue weighted by molar-refractivity contribution is 1.18. The maximum atomic E-state index is 5.48. The van der Waals surface area contributed by atoms with E-state index in [2.05, 4.69) is 190 Å². The summed E-state index contributed by atoms with van der Waals surface area (Å²) in [4.78, 5) is 15.7. The average Bonchev–Trinajstić information content (AvgIpc) is 3.21. The van der Waals surface area contributed by atoms with E-state index in [4.69, 9.17) is 15.0 Å². The summed E-state index contributed by atoms with van der Waals surface area (Å²) in [6.45, 7) is 4.20. The van der Waals surface area contributed by atoms with Crippen molar-refractivity contribution >= 4 is 21.7 Å². The molecule has 0 atom stereocenters. The summed E-state index contributed by atoms with van der Waals surface area (Å²) in [7, 11) is 0. The van der Waals surface area contributed by atoms with Gasteiger partial charge in [0.1, 0.15) is 0 Å². The lowest BCUT2D eigenvalue weighted by Gasteiger charge is -2.16. The molecule has 0 saturated heterocycles. The number of aromatic nitrogens is 3. The minimum Gasteiger partial charge on any atom is -0.246 e.